The Hall–Kier alpha value is -3.02. The molecule has 5 nitrogen and oxygen atoms in total. The molecular formula is C25H27NO4. The lowest BCUT2D eigenvalue weighted by molar-refractivity contribution is -0.120. The Balaban J connectivity index is 0.000000367. The van der Waals surface area contributed by atoms with Gasteiger partial charge in [0.15, 0.2) is 0 Å². The van der Waals surface area contributed by atoms with E-state index in [0.717, 1.165) is 61.0 Å². The zero-order chi connectivity index (χ0) is 21.0. The van der Waals surface area contributed by atoms with Gasteiger partial charge in [0.1, 0.15) is 6.29 Å². The molecule has 1 saturated heterocycles. The summed E-state index contributed by atoms with van der Waals surface area (Å²) in [5.74, 6) is 0.0232. The summed E-state index contributed by atoms with van der Waals surface area (Å²) >= 11 is 0. The number of hydrogen-bond donors (Lipinski definition) is 1. The second-order valence-electron chi connectivity index (χ2n) is 7.00. The molecule has 1 fully saturated rings. The van der Waals surface area contributed by atoms with Crippen LogP contribution < -0.4 is 5.32 Å². The fraction of sp³-hybridized carbons (Fsp3) is 0.280. The van der Waals surface area contributed by atoms with Crippen molar-refractivity contribution in [2.75, 3.05) is 33.0 Å². The van der Waals surface area contributed by atoms with E-state index in [1.807, 2.05) is 66.7 Å². The van der Waals surface area contributed by atoms with E-state index in [1.165, 1.54) is 0 Å². The highest BCUT2D eigenvalue weighted by Gasteiger charge is 2.05. The van der Waals surface area contributed by atoms with Gasteiger partial charge in [-0.25, -0.2) is 0 Å². The SMILES string of the molecule is C1COCCO1.O=Cc1ccc2cccc(CCNC(=O)Cc3ccccc3)c2c1. The molecule has 1 aliphatic heterocycles. The van der Waals surface area contributed by atoms with Crippen LogP contribution in [0.4, 0.5) is 0 Å². The zero-order valence-corrected chi connectivity index (χ0v) is 17.0. The van der Waals surface area contributed by atoms with Crippen LogP contribution in [0.2, 0.25) is 0 Å². The largest absolute Gasteiger partial charge is 0.377 e. The van der Waals surface area contributed by atoms with E-state index in [2.05, 4.69) is 5.32 Å². The van der Waals surface area contributed by atoms with Crippen molar-refractivity contribution in [1.82, 2.24) is 5.32 Å². The fourth-order valence-corrected chi connectivity index (χ4v) is 3.27. The Labute approximate surface area is 177 Å². The van der Waals surface area contributed by atoms with Crippen LogP contribution in [0.3, 0.4) is 0 Å². The molecule has 0 unspecified atom stereocenters. The maximum absolute atomic E-state index is 12.0. The van der Waals surface area contributed by atoms with Gasteiger partial charge in [-0.15, -0.1) is 0 Å². The third-order valence-electron chi connectivity index (χ3n) is 4.80. The van der Waals surface area contributed by atoms with E-state index < -0.39 is 0 Å². The maximum atomic E-state index is 12.0. The van der Waals surface area contributed by atoms with E-state index in [-0.39, 0.29) is 5.91 Å². The summed E-state index contributed by atoms with van der Waals surface area (Å²) in [6.45, 7) is 3.69. The van der Waals surface area contributed by atoms with Gasteiger partial charge in [-0.05, 0) is 34.4 Å². The summed E-state index contributed by atoms with van der Waals surface area (Å²) in [7, 11) is 0. The van der Waals surface area contributed by atoms with Gasteiger partial charge in [0, 0.05) is 12.1 Å². The lowest BCUT2D eigenvalue weighted by Crippen LogP contribution is -2.27. The summed E-state index contributed by atoms with van der Waals surface area (Å²) in [5.41, 5.74) is 2.81. The first-order valence-corrected chi connectivity index (χ1v) is 10.2. The first-order chi connectivity index (χ1) is 14.8. The molecule has 5 heteroatoms. The van der Waals surface area contributed by atoms with Gasteiger partial charge in [0.05, 0.1) is 32.8 Å². The van der Waals surface area contributed by atoms with Crippen LogP contribution in [0.5, 0.6) is 0 Å². The first kappa shape index (κ1) is 21.7. The molecule has 1 amide bonds. The predicted molar refractivity (Wildman–Crippen MR) is 118 cm³/mol. The molecule has 1 heterocycles. The van der Waals surface area contributed by atoms with Gasteiger partial charge in [-0.2, -0.15) is 0 Å². The van der Waals surface area contributed by atoms with Gasteiger partial charge < -0.3 is 14.8 Å². The summed E-state index contributed by atoms with van der Waals surface area (Å²) in [6, 6.07) is 21.5. The Bertz CT molecular complexity index is 940. The van der Waals surface area contributed by atoms with E-state index in [1.54, 1.807) is 0 Å². The number of aldehydes is 1. The smallest absolute Gasteiger partial charge is 0.224 e. The third kappa shape index (κ3) is 6.79. The average Bonchev–Trinajstić information content (AvgIpc) is 2.81. The van der Waals surface area contributed by atoms with Crippen LogP contribution >= 0.6 is 0 Å². The molecule has 0 bridgehead atoms. The fourth-order valence-electron chi connectivity index (χ4n) is 3.27. The van der Waals surface area contributed by atoms with Crippen molar-refractivity contribution in [3.05, 3.63) is 83.4 Å². The molecule has 0 saturated carbocycles. The van der Waals surface area contributed by atoms with Crippen molar-refractivity contribution in [3.63, 3.8) is 0 Å². The molecule has 3 aromatic carbocycles. The molecule has 0 spiro atoms. The van der Waals surface area contributed by atoms with Crippen molar-refractivity contribution in [2.45, 2.75) is 12.8 Å². The zero-order valence-electron chi connectivity index (χ0n) is 17.0. The van der Waals surface area contributed by atoms with E-state index >= 15 is 0 Å². The molecule has 0 aromatic heterocycles. The molecule has 4 rings (SSSR count). The van der Waals surface area contributed by atoms with E-state index in [0.29, 0.717) is 18.5 Å². The molecule has 1 aliphatic rings. The minimum Gasteiger partial charge on any atom is -0.377 e. The second kappa shape index (κ2) is 11.9. The number of carbonyl (C=O) groups is 2. The van der Waals surface area contributed by atoms with E-state index in [4.69, 9.17) is 9.47 Å². The Kier molecular flexibility index (Phi) is 8.57. The number of amides is 1. The Morgan fingerprint density at radius 3 is 2.30 bits per heavy atom. The Morgan fingerprint density at radius 1 is 0.900 bits per heavy atom. The normalized spacial score (nSPS) is 13.2. The van der Waals surface area contributed by atoms with Crippen molar-refractivity contribution in [1.29, 1.82) is 0 Å². The monoisotopic (exact) mass is 405 g/mol. The summed E-state index contributed by atoms with van der Waals surface area (Å²) in [5, 5.41) is 5.14. The number of hydrogen-bond acceptors (Lipinski definition) is 4. The molecule has 156 valence electrons. The van der Waals surface area contributed by atoms with Crippen molar-refractivity contribution < 1.29 is 19.1 Å². The molecular weight excluding hydrogens is 378 g/mol. The van der Waals surface area contributed by atoms with E-state index in [9.17, 15) is 9.59 Å². The number of ether oxygens (including phenoxy) is 2. The number of fused-ring (bicyclic) bond motifs is 1. The molecule has 30 heavy (non-hydrogen) atoms. The van der Waals surface area contributed by atoms with Crippen LogP contribution in [-0.2, 0) is 27.1 Å². The van der Waals surface area contributed by atoms with Crippen LogP contribution in [0.1, 0.15) is 21.5 Å². The van der Waals surface area contributed by atoms with Crippen LogP contribution in [0.25, 0.3) is 10.8 Å². The highest BCUT2D eigenvalue weighted by atomic mass is 16.6. The molecule has 3 aromatic rings. The quantitative estimate of drug-likeness (QED) is 0.637. The van der Waals surface area contributed by atoms with Crippen LogP contribution in [0, 0.1) is 0 Å². The highest BCUT2D eigenvalue weighted by Crippen LogP contribution is 2.20. The highest BCUT2D eigenvalue weighted by molar-refractivity contribution is 5.91. The molecule has 0 radical (unpaired) electrons. The second-order valence-corrected chi connectivity index (χ2v) is 7.00. The molecule has 0 aliphatic carbocycles. The first-order valence-electron chi connectivity index (χ1n) is 10.2. The topological polar surface area (TPSA) is 64.6 Å². The minimum atomic E-state index is 0.0232. The van der Waals surface area contributed by atoms with Crippen molar-refractivity contribution in [2.24, 2.45) is 0 Å². The van der Waals surface area contributed by atoms with Gasteiger partial charge in [0.2, 0.25) is 5.91 Å². The summed E-state index contributed by atoms with van der Waals surface area (Å²) < 4.78 is 9.89. The minimum absolute atomic E-state index is 0.0232. The lowest BCUT2D eigenvalue weighted by atomic mass is 10.00. The van der Waals surface area contributed by atoms with Gasteiger partial charge in [0.25, 0.3) is 0 Å². The number of nitrogens with one attached hydrogen (secondary N) is 1. The van der Waals surface area contributed by atoms with Gasteiger partial charge in [-0.1, -0.05) is 60.7 Å². The number of carbonyl (C=O) groups excluding carboxylic acids is 2. The predicted octanol–water partition coefficient (Wildman–Crippen LogP) is 3.59. The van der Waals surface area contributed by atoms with Crippen LogP contribution in [-0.4, -0.2) is 45.2 Å². The van der Waals surface area contributed by atoms with Crippen molar-refractivity contribution in [3.8, 4) is 0 Å². The lowest BCUT2D eigenvalue weighted by Gasteiger charge is -2.09. The van der Waals surface area contributed by atoms with Gasteiger partial charge in [-0.3, -0.25) is 9.59 Å². The van der Waals surface area contributed by atoms with Gasteiger partial charge >= 0.3 is 0 Å². The molecule has 1 N–H and O–H groups in total. The van der Waals surface area contributed by atoms with Crippen molar-refractivity contribution >= 4 is 23.0 Å². The van der Waals surface area contributed by atoms with Crippen LogP contribution in [0.15, 0.2) is 66.7 Å². The third-order valence-corrected chi connectivity index (χ3v) is 4.80. The molecule has 0 atom stereocenters. The summed E-state index contributed by atoms with van der Waals surface area (Å²) in [4.78, 5) is 23.0. The number of benzene rings is 3. The number of rotatable bonds is 6. The average molecular weight is 405 g/mol. The summed E-state index contributed by atoms with van der Waals surface area (Å²) in [6.07, 6.45) is 1.99. The Morgan fingerprint density at radius 2 is 1.63 bits per heavy atom. The maximum Gasteiger partial charge on any atom is 0.224 e. The standard InChI is InChI=1S/C21H19NO2.C4H8O2/c23-15-17-9-10-18-7-4-8-19(20(18)13-17)11-12-22-21(24)14-16-5-2-1-3-6-16;1-2-6-4-3-5-1/h1-10,13,15H,11-12,14H2,(H,22,24);1-4H2.